The van der Waals surface area contributed by atoms with E-state index in [9.17, 15) is 9.59 Å². The molecular formula is C11H17N5O2S. The Morgan fingerprint density at radius 1 is 1.16 bits per heavy atom. The normalized spacial score (nSPS) is 16.6. The summed E-state index contributed by atoms with van der Waals surface area (Å²) in [6, 6.07) is 0.168. The van der Waals surface area contributed by atoms with E-state index in [1.165, 1.54) is 0 Å². The third kappa shape index (κ3) is 2.49. The van der Waals surface area contributed by atoms with Crippen LogP contribution in [0.1, 0.15) is 32.9 Å². The molecule has 8 N–H and O–H groups in total. The molecule has 1 aliphatic rings. The van der Waals surface area contributed by atoms with Crippen LogP contribution in [0, 0.1) is 0 Å². The minimum absolute atomic E-state index is 0.0786. The highest BCUT2D eigenvalue weighted by molar-refractivity contribution is 7.19. The molecule has 1 aromatic rings. The summed E-state index contributed by atoms with van der Waals surface area (Å²) in [4.78, 5) is 25.0. The Morgan fingerprint density at radius 2 is 1.74 bits per heavy atom. The molecule has 2 amide bonds. The summed E-state index contributed by atoms with van der Waals surface area (Å²) >= 11 is 1.12. The molecule has 0 unspecified atom stereocenters. The maximum Gasteiger partial charge on any atom is 0.260 e. The number of thiophene rings is 1. The zero-order valence-electron chi connectivity index (χ0n) is 10.4. The molecule has 0 atom stereocenters. The van der Waals surface area contributed by atoms with Gasteiger partial charge in [-0.25, -0.2) is 0 Å². The zero-order chi connectivity index (χ0) is 14.2. The first-order valence-electron chi connectivity index (χ1n) is 5.94. The lowest BCUT2D eigenvalue weighted by atomic mass is 10.1. The number of carbonyl (C=O) groups is 2. The number of nitrogens with two attached hydrogens (primary N) is 4. The third-order valence-corrected chi connectivity index (χ3v) is 4.50. The van der Waals surface area contributed by atoms with Crippen LogP contribution in [0.3, 0.4) is 0 Å². The maximum absolute atomic E-state index is 11.5. The fraction of sp³-hybridized carbons (Fsp3) is 0.455. The van der Waals surface area contributed by atoms with Crippen molar-refractivity contribution in [2.45, 2.75) is 18.9 Å². The highest BCUT2D eigenvalue weighted by atomic mass is 32.1. The van der Waals surface area contributed by atoms with E-state index < -0.39 is 11.8 Å². The second-order valence-electron chi connectivity index (χ2n) is 4.58. The van der Waals surface area contributed by atoms with E-state index in [4.69, 9.17) is 22.9 Å². The van der Waals surface area contributed by atoms with Crippen LogP contribution in [0.25, 0.3) is 0 Å². The van der Waals surface area contributed by atoms with Gasteiger partial charge in [0.1, 0.15) is 9.88 Å². The number of amides is 2. The van der Waals surface area contributed by atoms with Gasteiger partial charge in [0.05, 0.1) is 11.3 Å². The van der Waals surface area contributed by atoms with Crippen molar-refractivity contribution in [2.75, 3.05) is 23.7 Å². The van der Waals surface area contributed by atoms with E-state index in [1.807, 2.05) is 4.90 Å². The van der Waals surface area contributed by atoms with Gasteiger partial charge in [0.15, 0.2) is 0 Å². The summed E-state index contributed by atoms with van der Waals surface area (Å²) in [5.41, 5.74) is 22.5. The number of hydrogen-bond acceptors (Lipinski definition) is 6. The summed E-state index contributed by atoms with van der Waals surface area (Å²) in [5, 5.41) is 0.616. The predicted molar refractivity (Wildman–Crippen MR) is 75.2 cm³/mol. The number of primary amides is 2. The van der Waals surface area contributed by atoms with Gasteiger partial charge in [-0.05, 0) is 12.8 Å². The van der Waals surface area contributed by atoms with E-state index in [0.717, 1.165) is 24.2 Å². The van der Waals surface area contributed by atoms with Gasteiger partial charge in [0, 0.05) is 19.1 Å². The van der Waals surface area contributed by atoms with Crippen LogP contribution in [0.4, 0.5) is 10.7 Å². The molecule has 2 rings (SSSR count). The van der Waals surface area contributed by atoms with E-state index >= 15 is 0 Å². The second kappa shape index (κ2) is 5.06. The molecule has 104 valence electrons. The fourth-order valence-corrected chi connectivity index (χ4v) is 3.31. The van der Waals surface area contributed by atoms with Gasteiger partial charge in [-0.1, -0.05) is 0 Å². The molecule has 1 aromatic heterocycles. The molecular weight excluding hydrogens is 266 g/mol. The maximum atomic E-state index is 11.5. The number of nitrogen functional groups attached to an aromatic ring is 1. The Hall–Kier alpha value is -1.80. The Morgan fingerprint density at radius 3 is 2.21 bits per heavy atom. The summed E-state index contributed by atoms with van der Waals surface area (Å²) in [7, 11) is 0. The lowest BCUT2D eigenvalue weighted by molar-refractivity contribution is 0.0999. The van der Waals surface area contributed by atoms with Gasteiger partial charge in [0.2, 0.25) is 0 Å². The lowest BCUT2D eigenvalue weighted by Gasteiger charge is -2.31. The van der Waals surface area contributed by atoms with Crippen LogP contribution in [0.2, 0.25) is 0 Å². The standard InChI is InChI=1S/C11H17N5O2S/c12-5-1-3-16(4-2-5)11-6(9(14)17)7(13)8(19-11)10(15)18/h5H,1-4,12-13H2,(H2,14,17)(H2,15,18). The first kappa shape index (κ1) is 13.6. The van der Waals surface area contributed by atoms with Crippen molar-refractivity contribution in [3.8, 4) is 0 Å². The van der Waals surface area contributed by atoms with Crippen LogP contribution in [-0.4, -0.2) is 30.9 Å². The first-order chi connectivity index (χ1) is 8.91. The number of anilines is 2. The van der Waals surface area contributed by atoms with E-state index in [1.54, 1.807) is 0 Å². The molecule has 8 heteroatoms. The van der Waals surface area contributed by atoms with Crippen LogP contribution in [0.5, 0.6) is 0 Å². The number of piperidine rings is 1. The average Bonchev–Trinajstić information content (AvgIpc) is 2.68. The Kier molecular flexibility index (Phi) is 3.63. The van der Waals surface area contributed by atoms with Gasteiger partial charge in [-0.2, -0.15) is 0 Å². The third-order valence-electron chi connectivity index (χ3n) is 3.22. The summed E-state index contributed by atoms with van der Waals surface area (Å²) in [5.74, 6) is -1.30. The smallest absolute Gasteiger partial charge is 0.260 e. The van der Waals surface area contributed by atoms with Crippen LogP contribution in [0.15, 0.2) is 0 Å². The molecule has 0 aliphatic carbocycles. The predicted octanol–water partition coefficient (Wildman–Crippen LogP) is -0.544. The second-order valence-corrected chi connectivity index (χ2v) is 5.58. The monoisotopic (exact) mass is 283 g/mol. The number of nitrogens with zero attached hydrogens (tertiary/aromatic N) is 1. The first-order valence-corrected chi connectivity index (χ1v) is 6.75. The molecule has 0 radical (unpaired) electrons. The molecule has 19 heavy (non-hydrogen) atoms. The van der Waals surface area contributed by atoms with Gasteiger partial charge in [-0.15, -0.1) is 11.3 Å². The average molecular weight is 283 g/mol. The summed E-state index contributed by atoms with van der Waals surface area (Å²) in [6.45, 7) is 1.42. The van der Waals surface area contributed by atoms with Crippen molar-refractivity contribution in [1.29, 1.82) is 0 Å². The Bertz CT molecular complexity index is 519. The fourth-order valence-electron chi connectivity index (χ4n) is 2.18. The molecule has 0 bridgehead atoms. The highest BCUT2D eigenvalue weighted by Crippen LogP contribution is 2.38. The topological polar surface area (TPSA) is 141 Å². The van der Waals surface area contributed by atoms with Gasteiger partial charge >= 0.3 is 0 Å². The minimum atomic E-state index is -0.648. The minimum Gasteiger partial charge on any atom is -0.397 e. The van der Waals surface area contributed by atoms with E-state index in [2.05, 4.69) is 0 Å². The molecule has 1 saturated heterocycles. The van der Waals surface area contributed by atoms with Crippen molar-refractivity contribution in [1.82, 2.24) is 0 Å². The van der Waals surface area contributed by atoms with Crippen LogP contribution >= 0.6 is 11.3 Å². The molecule has 1 fully saturated rings. The van der Waals surface area contributed by atoms with Gasteiger partial charge < -0.3 is 27.8 Å². The van der Waals surface area contributed by atoms with Crippen LogP contribution in [-0.2, 0) is 0 Å². The molecule has 2 heterocycles. The van der Waals surface area contributed by atoms with E-state index in [-0.39, 0.29) is 22.2 Å². The van der Waals surface area contributed by atoms with Crippen molar-refractivity contribution >= 4 is 33.8 Å². The van der Waals surface area contributed by atoms with Crippen molar-refractivity contribution < 1.29 is 9.59 Å². The molecule has 0 aromatic carbocycles. The Balaban J connectivity index is 2.41. The zero-order valence-corrected chi connectivity index (χ0v) is 11.2. The van der Waals surface area contributed by atoms with Gasteiger partial charge in [-0.3, -0.25) is 9.59 Å². The van der Waals surface area contributed by atoms with Crippen LogP contribution < -0.4 is 27.8 Å². The quantitative estimate of drug-likeness (QED) is 0.589. The molecule has 1 aliphatic heterocycles. The number of carbonyl (C=O) groups excluding carboxylic acids is 2. The van der Waals surface area contributed by atoms with Crippen molar-refractivity contribution in [3.63, 3.8) is 0 Å². The largest absolute Gasteiger partial charge is 0.397 e. The summed E-state index contributed by atoms with van der Waals surface area (Å²) < 4.78 is 0. The number of rotatable bonds is 3. The van der Waals surface area contributed by atoms with Crippen molar-refractivity contribution in [2.24, 2.45) is 17.2 Å². The molecule has 0 spiro atoms. The number of hydrogen-bond donors (Lipinski definition) is 4. The molecule has 7 nitrogen and oxygen atoms in total. The summed E-state index contributed by atoms with van der Waals surface area (Å²) in [6.07, 6.45) is 1.64. The van der Waals surface area contributed by atoms with Gasteiger partial charge in [0.25, 0.3) is 11.8 Å². The molecule has 0 saturated carbocycles. The SMILES string of the molecule is NC(=O)c1sc(N2CCC(N)CC2)c(C(N)=O)c1N. The Labute approximate surface area is 114 Å². The lowest BCUT2D eigenvalue weighted by Crippen LogP contribution is -2.40. The highest BCUT2D eigenvalue weighted by Gasteiger charge is 2.28. The van der Waals surface area contributed by atoms with Crippen molar-refractivity contribution in [3.05, 3.63) is 10.4 Å². The van der Waals surface area contributed by atoms with E-state index in [0.29, 0.717) is 18.1 Å².